The third-order valence-electron chi connectivity index (χ3n) is 6.85. The lowest BCUT2D eigenvalue weighted by Crippen LogP contribution is -2.42. The molecule has 2 aromatic carbocycles. The molecule has 35 heavy (non-hydrogen) atoms. The number of benzene rings is 2. The number of anilines is 1. The summed E-state index contributed by atoms with van der Waals surface area (Å²) < 4.78 is 6.95. The summed E-state index contributed by atoms with van der Waals surface area (Å²) in [7, 11) is 1.56. The third kappa shape index (κ3) is 4.37. The molecule has 2 atom stereocenters. The van der Waals surface area contributed by atoms with Gasteiger partial charge in [0, 0.05) is 25.1 Å². The van der Waals surface area contributed by atoms with Crippen LogP contribution in [0.2, 0.25) is 0 Å². The Morgan fingerprint density at radius 3 is 2.34 bits per heavy atom. The van der Waals surface area contributed by atoms with Gasteiger partial charge in [0.1, 0.15) is 12.4 Å². The van der Waals surface area contributed by atoms with Gasteiger partial charge in [-0.05, 0) is 35.1 Å². The Hall–Kier alpha value is -4.14. The summed E-state index contributed by atoms with van der Waals surface area (Å²) in [6.45, 7) is 0.205. The van der Waals surface area contributed by atoms with E-state index in [-0.39, 0.29) is 30.2 Å². The van der Waals surface area contributed by atoms with E-state index in [1.165, 1.54) is 10.7 Å². The summed E-state index contributed by atoms with van der Waals surface area (Å²) in [6.07, 6.45) is 1.51. The van der Waals surface area contributed by atoms with E-state index < -0.39 is 18.0 Å². The molecule has 9 nitrogen and oxygen atoms in total. The van der Waals surface area contributed by atoms with Crippen molar-refractivity contribution in [3.8, 4) is 11.1 Å². The predicted octanol–water partition coefficient (Wildman–Crippen LogP) is 3.76. The first-order valence-electron chi connectivity index (χ1n) is 11.6. The Balaban J connectivity index is 1.21. The van der Waals surface area contributed by atoms with Crippen molar-refractivity contribution in [3.63, 3.8) is 0 Å². The van der Waals surface area contributed by atoms with Gasteiger partial charge in [-0.1, -0.05) is 55.0 Å². The second-order valence-electron chi connectivity index (χ2n) is 8.95. The molecule has 3 aromatic rings. The summed E-state index contributed by atoms with van der Waals surface area (Å²) in [5.41, 5.74) is 4.44. The number of hydrogen-bond donors (Lipinski definition) is 3. The van der Waals surface area contributed by atoms with Gasteiger partial charge < -0.3 is 20.5 Å². The van der Waals surface area contributed by atoms with Gasteiger partial charge in [0.05, 0.1) is 5.92 Å². The second-order valence-corrected chi connectivity index (χ2v) is 8.95. The van der Waals surface area contributed by atoms with E-state index in [1.807, 2.05) is 24.3 Å². The molecule has 0 saturated heterocycles. The van der Waals surface area contributed by atoms with E-state index in [2.05, 4.69) is 40.0 Å². The van der Waals surface area contributed by atoms with E-state index >= 15 is 0 Å². The van der Waals surface area contributed by atoms with Gasteiger partial charge >= 0.3 is 12.1 Å². The summed E-state index contributed by atoms with van der Waals surface area (Å²) in [6, 6.07) is 17.2. The van der Waals surface area contributed by atoms with E-state index in [0.29, 0.717) is 18.7 Å². The van der Waals surface area contributed by atoms with Gasteiger partial charge in [0.15, 0.2) is 5.69 Å². The molecule has 0 unspecified atom stereocenters. The first-order valence-corrected chi connectivity index (χ1v) is 11.6. The topological polar surface area (TPSA) is 123 Å². The molecule has 2 amide bonds. The van der Waals surface area contributed by atoms with Crippen molar-refractivity contribution in [2.75, 3.05) is 11.9 Å². The minimum Gasteiger partial charge on any atom is -0.476 e. The smallest absolute Gasteiger partial charge is 0.407 e. The van der Waals surface area contributed by atoms with Crippen molar-refractivity contribution in [3.05, 3.63) is 71.4 Å². The number of carboxylic acids is 1. The summed E-state index contributed by atoms with van der Waals surface area (Å²) in [5.74, 6) is -1.65. The van der Waals surface area contributed by atoms with Crippen LogP contribution in [0.3, 0.4) is 0 Å². The number of carbonyl (C=O) groups excluding carboxylic acids is 2. The quantitative estimate of drug-likeness (QED) is 0.500. The zero-order valence-corrected chi connectivity index (χ0v) is 19.2. The van der Waals surface area contributed by atoms with Crippen LogP contribution >= 0.6 is 0 Å². The number of rotatable bonds is 6. The molecule has 2 aliphatic carbocycles. The number of aromatic carboxylic acids is 1. The van der Waals surface area contributed by atoms with Gasteiger partial charge in [-0.15, -0.1) is 0 Å². The van der Waals surface area contributed by atoms with Gasteiger partial charge in [0.2, 0.25) is 5.91 Å². The summed E-state index contributed by atoms with van der Waals surface area (Å²) >= 11 is 0. The average Bonchev–Trinajstić information content (AvgIpc) is 3.54. The first-order chi connectivity index (χ1) is 16.9. The highest BCUT2D eigenvalue weighted by atomic mass is 16.5. The number of fused-ring (bicyclic) bond motifs is 3. The summed E-state index contributed by atoms with van der Waals surface area (Å²) in [4.78, 5) is 36.7. The zero-order valence-electron chi connectivity index (χ0n) is 19.2. The first kappa shape index (κ1) is 22.6. The molecule has 180 valence electrons. The number of carboxylic acid groups (broad SMARTS) is 1. The number of nitrogens with one attached hydrogen (secondary N) is 2. The fourth-order valence-corrected chi connectivity index (χ4v) is 5.15. The van der Waals surface area contributed by atoms with Gasteiger partial charge in [-0.2, -0.15) is 5.10 Å². The van der Waals surface area contributed by atoms with Gasteiger partial charge in [-0.25, -0.2) is 9.59 Å². The van der Waals surface area contributed by atoms with Crippen LogP contribution in [0.1, 0.15) is 46.8 Å². The normalized spacial score (nSPS) is 18.5. The molecule has 1 saturated carbocycles. The number of ether oxygens (including phenoxy) is 1. The van der Waals surface area contributed by atoms with Crippen molar-refractivity contribution in [1.29, 1.82) is 0 Å². The molecular formula is C26H26N4O5. The zero-order chi connectivity index (χ0) is 24.5. The minimum absolute atomic E-state index is 0.0379. The molecule has 0 aliphatic heterocycles. The van der Waals surface area contributed by atoms with E-state index in [9.17, 15) is 14.4 Å². The van der Waals surface area contributed by atoms with Crippen molar-refractivity contribution in [2.24, 2.45) is 13.0 Å². The van der Waals surface area contributed by atoms with E-state index in [0.717, 1.165) is 28.7 Å². The number of nitrogens with zero attached hydrogens (tertiary/aromatic N) is 2. The van der Waals surface area contributed by atoms with E-state index in [1.54, 1.807) is 7.05 Å². The largest absolute Gasteiger partial charge is 0.476 e. The Bertz CT molecular complexity index is 1250. The molecule has 1 aromatic heterocycles. The van der Waals surface area contributed by atoms with Gasteiger partial charge in [0.25, 0.3) is 0 Å². The number of alkyl carbamates (subject to hydrolysis) is 1. The number of aromatic nitrogens is 2. The van der Waals surface area contributed by atoms with Crippen molar-refractivity contribution in [1.82, 2.24) is 15.1 Å². The molecule has 9 heteroatoms. The maximum atomic E-state index is 12.9. The second kappa shape index (κ2) is 9.25. The highest BCUT2D eigenvalue weighted by Crippen LogP contribution is 2.44. The third-order valence-corrected chi connectivity index (χ3v) is 6.85. The van der Waals surface area contributed by atoms with Crippen LogP contribution in [0.5, 0.6) is 0 Å². The maximum absolute atomic E-state index is 12.9. The predicted molar refractivity (Wildman–Crippen MR) is 128 cm³/mol. The van der Waals surface area contributed by atoms with Crippen LogP contribution in [0, 0.1) is 5.92 Å². The maximum Gasteiger partial charge on any atom is 0.407 e. The SMILES string of the molecule is Cn1nc(C(=O)O)cc1NC(=O)[C@H]1CCC[C@H]1NC(=O)OCC1c2ccccc2-c2ccccc21. The van der Waals surface area contributed by atoms with Crippen LogP contribution in [0.4, 0.5) is 10.6 Å². The minimum atomic E-state index is -1.17. The molecular weight excluding hydrogens is 448 g/mol. The lowest BCUT2D eigenvalue weighted by atomic mass is 9.98. The average molecular weight is 475 g/mol. The Labute approximate surface area is 202 Å². The number of carbonyl (C=O) groups is 3. The van der Waals surface area contributed by atoms with Crippen molar-refractivity contribution in [2.45, 2.75) is 31.2 Å². The van der Waals surface area contributed by atoms with Crippen LogP contribution in [0.25, 0.3) is 11.1 Å². The Morgan fingerprint density at radius 2 is 1.71 bits per heavy atom. The Morgan fingerprint density at radius 1 is 1.06 bits per heavy atom. The molecule has 5 rings (SSSR count). The summed E-state index contributed by atoms with van der Waals surface area (Å²) in [5, 5.41) is 18.6. The number of aryl methyl sites for hydroxylation is 1. The number of hydrogen-bond acceptors (Lipinski definition) is 5. The number of amides is 2. The molecule has 2 aliphatic rings. The molecule has 0 bridgehead atoms. The Kier molecular flexibility index (Phi) is 5.98. The lowest BCUT2D eigenvalue weighted by Gasteiger charge is -2.21. The molecule has 1 heterocycles. The van der Waals surface area contributed by atoms with Crippen molar-refractivity contribution >= 4 is 23.8 Å². The lowest BCUT2D eigenvalue weighted by molar-refractivity contribution is -0.120. The molecule has 3 N–H and O–H groups in total. The highest BCUT2D eigenvalue weighted by molar-refractivity contribution is 5.94. The monoisotopic (exact) mass is 474 g/mol. The van der Waals surface area contributed by atoms with Crippen LogP contribution in [-0.4, -0.2) is 45.5 Å². The molecule has 1 fully saturated rings. The highest BCUT2D eigenvalue weighted by Gasteiger charge is 2.35. The fourth-order valence-electron chi connectivity index (χ4n) is 5.15. The molecule has 0 spiro atoms. The fraction of sp³-hybridized carbons (Fsp3) is 0.308. The van der Waals surface area contributed by atoms with Crippen LogP contribution in [-0.2, 0) is 16.6 Å². The van der Waals surface area contributed by atoms with Crippen molar-refractivity contribution < 1.29 is 24.2 Å². The molecule has 0 radical (unpaired) electrons. The van der Waals surface area contributed by atoms with Gasteiger partial charge in [-0.3, -0.25) is 9.48 Å². The van der Waals surface area contributed by atoms with Crippen LogP contribution < -0.4 is 10.6 Å². The van der Waals surface area contributed by atoms with Crippen LogP contribution in [0.15, 0.2) is 54.6 Å². The standard InChI is InChI=1S/C26H26N4O5/c1-30-23(13-22(29-30)25(32)33)28-24(31)19-11-6-12-21(19)27-26(34)35-14-20-17-9-4-2-7-15(17)16-8-3-5-10-18(16)20/h2-5,7-10,13,19-21H,6,11-12,14H2,1H3,(H,27,34)(H,28,31)(H,32,33)/t19-,21+/m0/s1. The van der Waals surface area contributed by atoms with E-state index in [4.69, 9.17) is 9.84 Å².